The minimum absolute atomic E-state index is 0.221. The third-order valence-corrected chi connectivity index (χ3v) is 7.54. The maximum atomic E-state index is 13.0. The molecule has 2 aliphatic heterocycles. The third-order valence-electron chi connectivity index (χ3n) is 7.54. The molecule has 0 radical (unpaired) electrons. The number of piperidine rings is 1. The van der Waals surface area contributed by atoms with Crippen molar-refractivity contribution >= 4 is 12.0 Å². The van der Waals surface area contributed by atoms with Crippen LogP contribution in [0.1, 0.15) is 80.3 Å². The van der Waals surface area contributed by atoms with Crippen LogP contribution in [0.4, 0.5) is 4.79 Å². The van der Waals surface area contributed by atoms with Gasteiger partial charge in [-0.15, -0.1) is 0 Å². The van der Waals surface area contributed by atoms with Crippen LogP contribution < -0.4 is 5.73 Å². The van der Waals surface area contributed by atoms with Gasteiger partial charge in [0, 0.05) is 37.3 Å². The number of nitrogens with two attached hydrogens (primary N) is 1. The van der Waals surface area contributed by atoms with Crippen molar-refractivity contribution in [3.8, 4) is 0 Å². The smallest absolute Gasteiger partial charge is 0.410 e. The van der Waals surface area contributed by atoms with Gasteiger partial charge in [0.15, 0.2) is 0 Å². The highest BCUT2D eigenvalue weighted by Crippen LogP contribution is 2.43. The van der Waals surface area contributed by atoms with Gasteiger partial charge in [-0.2, -0.15) is 0 Å². The van der Waals surface area contributed by atoms with Gasteiger partial charge in [0.05, 0.1) is 0 Å². The molecule has 194 valence electrons. The SMILES string of the molecule is CC(C)(C)OC(=O)N(CCCc1ccccc1)CCN1[C@@H]2CC[C@H]1C[C@@H](c1cccc(C(N)=O)c1)C2. The quantitative estimate of drug-likeness (QED) is 0.512. The van der Waals surface area contributed by atoms with Gasteiger partial charge in [0.25, 0.3) is 0 Å². The molecule has 0 spiro atoms. The zero-order valence-corrected chi connectivity index (χ0v) is 22.0. The van der Waals surface area contributed by atoms with Crippen LogP contribution in [0.5, 0.6) is 0 Å². The first-order valence-corrected chi connectivity index (χ1v) is 13.4. The molecular formula is C30H41N3O3. The van der Waals surface area contributed by atoms with Gasteiger partial charge < -0.3 is 15.4 Å². The molecule has 2 N–H and O–H groups in total. The number of hydrogen-bond acceptors (Lipinski definition) is 4. The number of ether oxygens (including phenoxy) is 1. The second-order valence-corrected chi connectivity index (χ2v) is 11.3. The average molecular weight is 492 g/mol. The highest BCUT2D eigenvalue weighted by molar-refractivity contribution is 5.92. The first-order valence-electron chi connectivity index (χ1n) is 13.4. The molecule has 0 saturated carbocycles. The van der Waals surface area contributed by atoms with Gasteiger partial charge in [-0.05, 0) is 88.5 Å². The van der Waals surface area contributed by atoms with E-state index in [9.17, 15) is 9.59 Å². The largest absolute Gasteiger partial charge is 0.444 e. The molecule has 2 heterocycles. The summed E-state index contributed by atoms with van der Waals surface area (Å²) in [5.41, 5.74) is 8.11. The van der Waals surface area contributed by atoms with E-state index in [1.54, 1.807) is 6.07 Å². The maximum absolute atomic E-state index is 13.0. The Labute approximate surface area is 215 Å². The number of aryl methyl sites for hydroxylation is 1. The van der Waals surface area contributed by atoms with Crippen molar-refractivity contribution in [2.45, 2.75) is 82.9 Å². The minimum atomic E-state index is -0.508. The molecule has 2 amide bonds. The molecule has 2 saturated heterocycles. The Morgan fingerprint density at radius 2 is 1.69 bits per heavy atom. The average Bonchev–Trinajstić information content (AvgIpc) is 3.07. The summed E-state index contributed by atoms with van der Waals surface area (Å²) in [7, 11) is 0. The van der Waals surface area contributed by atoms with Crippen LogP contribution in [-0.2, 0) is 11.2 Å². The van der Waals surface area contributed by atoms with Crippen molar-refractivity contribution in [1.29, 1.82) is 0 Å². The Bertz CT molecular complexity index is 1020. The van der Waals surface area contributed by atoms with Gasteiger partial charge in [0.1, 0.15) is 5.60 Å². The highest BCUT2D eigenvalue weighted by atomic mass is 16.6. The number of amides is 2. The lowest BCUT2D eigenvalue weighted by Gasteiger charge is -2.40. The van der Waals surface area contributed by atoms with Crippen LogP contribution in [0.15, 0.2) is 54.6 Å². The van der Waals surface area contributed by atoms with E-state index in [1.807, 2.05) is 43.9 Å². The predicted octanol–water partition coefficient (Wildman–Crippen LogP) is 5.37. The lowest BCUT2D eigenvalue weighted by molar-refractivity contribution is 0.0201. The highest BCUT2D eigenvalue weighted by Gasteiger charge is 2.41. The van der Waals surface area contributed by atoms with Crippen LogP contribution in [-0.4, -0.2) is 59.1 Å². The van der Waals surface area contributed by atoms with E-state index in [4.69, 9.17) is 10.5 Å². The van der Waals surface area contributed by atoms with Crippen LogP contribution in [0.2, 0.25) is 0 Å². The summed E-state index contributed by atoms with van der Waals surface area (Å²) in [6.07, 6.45) is 6.18. The van der Waals surface area contributed by atoms with E-state index in [-0.39, 0.29) is 12.0 Å². The Morgan fingerprint density at radius 1 is 1.00 bits per heavy atom. The molecule has 2 bridgehead atoms. The molecule has 0 aromatic heterocycles. The lowest BCUT2D eigenvalue weighted by atomic mass is 9.84. The fourth-order valence-corrected chi connectivity index (χ4v) is 5.83. The van der Waals surface area contributed by atoms with Gasteiger partial charge in [-0.3, -0.25) is 9.69 Å². The van der Waals surface area contributed by atoms with Crippen LogP contribution in [0, 0.1) is 0 Å². The van der Waals surface area contributed by atoms with Crippen LogP contribution >= 0.6 is 0 Å². The lowest BCUT2D eigenvalue weighted by Crippen LogP contribution is -2.47. The van der Waals surface area contributed by atoms with Gasteiger partial charge in [-0.25, -0.2) is 4.79 Å². The zero-order valence-electron chi connectivity index (χ0n) is 22.0. The second kappa shape index (κ2) is 11.5. The number of carbonyl (C=O) groups excluding carboxylic acids is 2. The van der Waals surface area contributed by atoms with Crippen molar-refractivity contribution in [2.24, 2.45) is 5.73 Å². The van der Waals surface area contributed by atoms with Gasteiger partial charge >= 0.3 is 6.09 Å². The molecule has 6 nitrogen and oxygen atoms in total. The molecule has 4 rings (SSSR count). The number of rotatable bonds is 9. The summed E-state index contributed by atoms with van der Waals surface area (Å²) in [6, 6.07) is 19.3. The molecule has 2 aromatic carbocycles. The first kappa shape index (κ1) is 26.2. The topological polar surface area (TPSA) is 75.9 Å². The van der Waals surface area contributed by atoms with Crippen LogP contribution in [0.3, 0.4) is 0 Å². The fraction of sp³-hybridized carbons (Fsp3) is 0.533. The van der Waals surface area contributed by atoms with Gasteiger partial charge in [0.2, 0.25) is 5.91 Å². The second-order valence-electron chi connectivity index (χ2n) is 11.3. The number of hydrogen-bond donors (Lipinski definition) is 1. The van der Waals surface area contributed by atoms with E-state index < -0.39 is 5.60 Å². The molecule has 2 aliphatic rings. The number of primary amides is 1. The molecule has 0 aliphatic carbocycles. The van der Waals surface area contributed by atoms with E-state index in [0.717, 1.165) is 32.2 Å². The molecule has 0 unspecified atom stereocenters. The molecule has 2 aromatic rings. The summed E-state index contributed by atoms with van der Waals surface area (Å²) in [6.45, 7) is 8.00. The monoisotopic (exact) mass is 491 g/mol. The standard InChI is InChI=1S/C30H41N3O3/c1-30(2,3)36-29(35)32(16-8-11-22-9-5-4-6-10-22)17-18-33-26-14-15-27(33)21-25(20-26)23-12-7-13-24(19-23)28(31)34/h4-7,9-10,12-13,19,25-27H,8,11,14-18,20-21H2,1-3H3,(H2,31,34)/t25-,26+,27-. The van der Waals surface area contributed by atoms with E-state index >= 15 is 0 Å². The number of benzene rings is 2. The Balaban J connectivity index is 1.36. The van der Waals surface area contributed by atoms with E-state index in [1.165, 1.54) is 24.0 Å². The maximum Gasteiger partial charge on any atom is 0.410 e. The Morgan fingerprint density at radius 3 is 2.33 bits per heavy atom. The normalized spacial score (nSPS) is 21.8. The number of nitrogens with zero attached hydrogens (tertiary/aromatic N) is 2. The van der Waals surface area contributed by atoms with Crippen molar-refractivity contribution in [3.63, 3.8) is 0 Å². The Kier molecular flexibility index (Phi) is 8.35. The molecular weight excluding hydrogens is 450 g/mol. The van der Waals surface area contributed by atoms with Gasteiger partial charge in [-0.1, -0.05) is 42.5 Å². The molecule has 6 heteroatoms. The Hall–Kier alpha value is -2.86. The number of carbonyl (C=O) groups is 2. The van der Waals surface area contributed by atoms with Crippen molar-refractivity contribution in [2.75, 3.05) is 19.6 Å². The summed E-state index contributed by atoms with van der Waals surface area (Å²) in [5, 5.41) is 0. The summed E-state index contributed by atoms with van der Waals surface area (Å²) in [5.74, 6) is 0.0811. The fourth-order valence-electron chi connectivity index (χ4n) is 5.83. The van der Waals surface area contributed by atoms with E-state index in [0.29, 0.717) is 36.7 Å². The van der Waals surface area contributed by atoms with Crippen molar-refractivity contribution in [3.05, 3.63) is 71.3 Å². The summed E-state index contributed by atoms with van der Waals surface area (Å²) < 4.78 is 5.75. The predicted molar refractivity (Wildman–Crippen MR) is 143 cm³/mol. The third kappa shape index (κ3) is 6.88. The summed E-state index contributed by atoms with van der Waals surface area (Å²) in [4.78, 5) is 29.2. The first-order chi connectivity index (χ1) is 17.2. The summed E-state index contributed by atoms with van der Waals surface area (Å²) >= 11 is 0. The number of fused-ring (bicyclic) bond motifs is 2. The minimum Gasteiger partial charge on any atom is -0.444 e. The van der Waals surface area contributed by atoms with Crippen molar-refractivity contribution in [1.82, 2.24) is 9.80 Å². The molecule has 3 atom stereocenters. The van der Waals surface area contributed by atoms with Crippen LogP contribution in [0.25, 0.3) is 0 Å². The molecule has 36 heavy (non-hydrogen) atoms. The molecule has 2 fully saturated rings. The zero-order chi connectivity index (χ0) is 25.7. The van der Waals surface area contributed by atoms with Crippen molar-refractivity contribution < 1.29 is 14.3 Å². The van der Waals surface area contributed by atoms with E-state index in [2.05, 4.69) is 35.2 Å².